The highest BCUT2D eigenvalue weighted by Crippen LogP contribution is 2.22. The second kappa shape index (κ2) is 6.29. The van der Waals surface area contributed by atoms with Crippen molar-refractivity contribution in [2.75, 3.05) is 12.4 Å². The van der Waals surface area contributed by atoms with Gasteiger partial charge >= 0.3 is 0 Å². The van der Waals surface area contributed by atoms with Crippen LogP contribution in [0.15, 0.2) is 24.3 Å². The van der Waals surface area contributed by atoms with Crippen molar-refractivity contribution in [3.63, 3.8) is 0 Å². The predicted molar refractivity (Wildman–Crippen MR) is 79.0 cm³/mol. The highest BCUT2D eigenvalue weighted by molar-refractivity contribution is 7.85. The Morgan fingerprint density at radius 1 is 1.40 bits per heavy atom. The van der Waals surface area contributed by atoms with Crippen LogP contribution in [0.3, 0.4) is 0 Å². The average molecular weight is 335 g/mol. The topological polar surface area (TPSA) is 88.8 Å². The first kappa shape index (κ1) is 15.5. The normalized spacial score (nSPS) is 13.7. The molecule has 0 bridgehead atoms. The first-order chi connectivity index (χ1) is 9.37. The highest BCUT2D eigenvalue weighted by atomic mass is 32.2. The third kappa shape index (κ3) is 4.08. The second-order valence-corrected chi connectivity index (χ2v) is 7.34. The van der Waals surface area contributed by atoms with Crippen LogP contribution in [-0.4, -0.2) is 41.1 Å². The lowest BCUT2D eigenvalue weighted by atomic mass is 10.3. The zero-order valence-electron chi connectivity index (χ0n) is 10.3. The fraction of sp³-hybridized carbons (Fsp3) is 0.364. The molecule has 20 heavy (non-hydrogen) atoms. The Hall–Kier alpha value is -0.840. The lowest BCUT2D eigenvalue weighted by molar-refractivity contribution is 0.0148. The van der Waals surface area contributed by atoms with E-state index >= 15 is 0 Å². The van der Waals surface area contributed by atoms with Gasteiger partial charge < -0.3 is 9.84 Å². The van der Waals surface area contributed by atoms with Crippen molar-refractivity contribution in [1.29, 1.82) is 0 Å². The molecule has 0 spiro atoms. The fourth-order valence-electron chi connectivity index (χ4n) is 1.71. The fourth-order valence-corrected chi connectivity index (χ4v) is 3.59. The van der Waals surface area contributed by atoms with E-state index in [-0.39, 0.29) is 13.3 Å². The minimum Gasteiger partial charge on any atom is -0.390 e. The van der Waals surface area contributed by atoms with E-state index in [0.717, 1.165) is 10.2 Å². The maximum absolute atomic E-state index is 10.6. The Kier molecular flexibility index (Phi) is 4.89. The number of nitrogens with zero attached hydrogens (tertiary/aromatic N) is 1. The second-order valence-electron chi connectivity index (χ2n) is 4.17. The molecule has 1 aromatic carbocycles. The number of aliphatic hydroxyl groups is 1. The molecule has 9 heteroatoms. The van der Waals surface area contributed by atoms with Crippen LogP contribution in [0.1, 0.15) is 0 Å². The molecule has 1 atom stereocenters. The van der Waals surface area contributed by atoms with E-state index in [9.17, 15) is 13.5 Å². The van der Waals surface area contributed by atoms with Gasteiger partial charge in [-0.05, 0) is 24.4 Å². The van der Waals surface area contributed by atoms with Crippen LogP contribution in [0.4, 0.5) is 0 Å². The number of aromatic nitrogens is 1. The summed E-state index contributed by atoms with van der Waals surface area (Å²) >= 11 is 6.67. The molecule has 2 rings (SSSR count). The zero-order valence-corrected chi connectivity index (χ0v) is 12.7. The van der Waals surface area contributed by atoms with Gasteiger partial charge in [0.2, 0.25) is 0 Å². The van der Waals surface area contributed by atoms with Crippen LogP contribution in [0.25, 0.3) is 10.2 Å². The van der Waals surface area contributed by atoms with E-state index in [0.29, 0.717) is 3.95 Å². The van der Waals surface area contributed by atoms with Crippen LogP contribution in [-0.2, 0) is 21.6 Å². The van der Waals surface area contributed by atoms with Crippen molar-refractivity contribution in [3.8, 4) is 0 Å². The smallest absolute Gasteiger partial charge is 0.267 e. The monoisotopic (exact) mass is 335 g/mol. The van der Waals surface area contributed by atoms with Crippen LogP contribution in [0.2, 0.25) is 0 Å². The van der Waals surface area contributed by atoms with E-state index in [1.165, 1.54) is 11.3 Å². The minimum atomic E-state index is -4.21. The molecular weight excluding hydrogens is 322 g/mol. The molecule has 0 aliphatic rings. The van der Waals surface area contributed by atoms with E-state index in [4.69, 9.17) is 21.5 Å². The van der Waals surface area contributed by atoms with Gasteiger partial charge in [-0.3, -0.25) is 9.12 Å². The number of hydrogen-bond acceptors (Lipinski definition) is 6. The largest absolute Gasteiger partial charge is 0.390 e. The molecule has 1 aromatic heterocycles. The maximum Gasteiger partial charge on any atom is 0.267 e. The molecular formula is C11H13NO5S3. The van der Waals surface area contributed by atoms with Gasteiger partial charge in [-0.25, -0.2) is 0 Å². The number of aliphatic hydroxyl groups excluding tert-OH is 1. The third-order valence-electron chi connectivity index (χ3n) is 2.51. The van der Waals surface area contributed by atoms with Gasteiger partial charge in [-0.2, -0.15) is 8.42 Å². The van der Waals surface area contributed by atoms with Gasteiger partial charge in [0.05, 0.1) is 22.9 Å². The van der Waals surface area contributed by atoms with Crippen molar-refractivity contribution in [3.05, 3.63) is 28.2 Å². The number of hydrogen-bond donors (Lipinski definition) is 2. The first-order valence-electron chi connectivity index (χ1n) is 5.66. The molecule has 0 saturated carbocycles. The summed E-state index contributed by atoms with van der Waals surface area (Å²) in [6, 6.07) is 7.64. The summed E-state index contributed by atoms with van der Waals surface area (Å²) in [5.74, 6) is -0.747. The van der Waals surface area contributed by atoms with E-state index in [2.05, 4.69) is 0 Å². The Morgan fingerprint density at radius 2 is 2.10 bits per heavy atom. The summed E-state index contributed by atoms with van der Waals surface area (Å²) in [4.78, 5) is 0. The first-order valence-corrected chi connectivity index (χ1v) is 8.49. The Balaban J connectivity index is 2.00. The Morgan fingerprint density at radius 3 is 2.80 bits per heavy atom. The van der Waals surface area contributed by atoms with Crippen molar-refractivity contribution in [1.82, 2.24) is 4.57 Å². The Labute approximate surface area is 125 Å². The number of rotatable bonds is 6. The molecule has 0 amide bonds. The molecule has 2 aromatic rings. The summed E-state index contributed by atoms with van der Waals surface area (Å²) in [5, 5.41) is 9.40. The third-order valence-corrected chi connectivity index (χ3v) is 4.74. The van der Waals surface area contributed by atoms with Gasteiger partial charge in [-0.1, -0.05) is 12.1 Å². The van der Waals surface area contributed by atoms with Gasteiger partial charge in [0.15, 0.2) is 3.95 Å². The molecule has 0 aliphatic heterocycles. The number of para-hydroxylation sites is 1. The summed E-state index contributed by atoms with van der Waals surface area (Å²) < 4.78 is 38.4. The number of benzene rings is 1. The van der Waals surface area contributed by atoms with Crippen molar-refractivity contribution >= 4 is 43.9 Å². The van der Waals surface area contributed by atoms with Gasteiger partial charge in [0.1, 0.15) is 12.5 Å². The van der Waals surface area contributed by atoms with Crippen molar-refractivity contribution < 1.29 is 22.8 Å². The molecule has 0 radical (unpaired) electrons. The average Bonchev–Trinajstić information content (AvgIpc) is 2.64. The molecule has 110 valence electrons. The summed E-state index contributed by atoms with van der Waals surface area (Å²) in [6.07, 6.45) is -1.27. The summed E-state index contributed by atoms with van der Waals surface area (Å²) in [7, 11) is -4.21. The predicted octanol–water partition coefficient (Wildman–Crippen LogP) is 1.66. The molecule has 0 saturated heterocycles. The summed E-state index contributed by atoms with van der Waals surface area (Å²) in [6.45, 7) is -0.0862. The van der Waals surface area contributed by atoms with Crippen LogP contribution >= 0.6 is 23.6 Å². The molecule has 1 unspecified atom stereocenters. The minimum absolute atomic E-state index is 0.116. The molecule has 0 aliphatic carbocycles. The zero-order chi connectivity index (χ0) is 14.8. The molecule has 2 N–H and O–H groups in total. The van der Waals surface area contributed by atoms with E-state index in [1.54, 1.807) is 4.57 Å². The molecule has 1 heterocycles. The summed E-state index contributed by atoms with van der Waals surface area (Å²) in [5.41, 5.74) is 0.923. The molecule has 0 fully saturated rings. The SMILES string of the molecule is O=S(=O)(O)CC(O)COCn1c(=S)sc2ccccc21. The van der Waals surface area contributed by atoms with Crippen LogP contribution in [0, 0.1) is 3.95 Å². The van der Waals surface area contributed by atoms with Gasteiger partial charge in [-0.15, -0.1) is 11.3 Å². The van der Waals surface area contributed by atoms with Gasteiger partial charge in [0.25, 0.3) is 10.1 Å². The van der Waals surface area contributed by atoms with Crippen molar-refractivity contribution in [2.45, 2.75) is 12.8 Å². The number of thiazole rings is 1. The maximum atomic E-state index is 10.6. The quantitative estimate of drug-likeness (QED) is 0.616. The lowest BCUT2D eigenvalue weighted by Crippen LogP contribution is -2.25. The number of fused-ring (bicyclic) bond motifs is 1. The van der Waals surface area contributed by atoms with Crippen LogP contribution in [0.5, 0.6) is 0 Å². The van der Waals surface area contributed by atoms with E-state index in [1.807, 2.05) is 24.3 Å². The Bertz CT molecular complexity index is 749. The van der Waals surface area contributed by atoms with Gasteiger partial charge in [0, 0.05) is 0 Å². The molecule has 6 nitrogen and oxygen atoms in total. The number of ether oxygens (including phenoxy) is 1. The van der Waals surface area contributed by atoms with Crippen LogP contribution < -0.4 is 0 Å². The standard InChI is InChI=1S/C11H13NO5S3/c13-8(6-20(14,15)16)5-17-7-12-9-3-1-2-4-10(9)19-11(12)18/h1-4,8,13H,5-7H2,(H,14,15,16). The van der Waals surface area contributed by atoms with Crippen molar-refractivity contribution in [2.24, 2.45) is 0 Å². The lowest BCUT2D eigenvalue weighted by Gasteiger charge is -2.10. The van der Waals surface area contributed by atoms with E-state index < -0.39 is 22.0 Å². The highest BCUT2D eigenvalue weighted by Gasteiger charge is 2.14.